The SMILES string of the molecule is CC(=O)NCC(C)(C(=S)OCCN1CCN(CCCN2c3ccccc3Sc3ccc(C(F)(F)F)cc32)CC1)c1cccc2ccccc12. The predicted octanol–water partition coefficient (Wildman–Crippen LogP) is 7.91. The van der Waals surface area contributed by atoms with Crippen molar-refractivity contribution in [3.05, 3.63) is 96.1 Å². The molecule has 6 nitrogen and oxygen atoms in total. The standard InChI is InChI=1S/C38H41F3N4O2S2/c1-27(46)42-26-37(2,31-12-7-10-28-9-3-4-11-30(28)31)36(48)47-24-23-44-21-19-43(20-22-44)17-8-18-45-32-13-5-6-14-34(32)49-35-16-15-29(25-33(35)45)38(39,40)41/h3-7,9-16,25H,8,17-24,26H2,1-2H3,(H,42,46). The van der Waals surface area contributed by atoms with Crippen LogP contribution in [0, 0.1) is 0 Å². The summed E-state index contributed by atoms with van der Waals surface area (Å²) in [5.41, 5.74) is 1.28. The maximum atomic E-state index is 13.6. The first-order valence-electron chi connectivity index (χ1n) is 16.6. The lowest BCUT2D eigenvalue weighted by molar-refractivity contribution is -0.137. The van der Waals surface area contributed by atoms with Gasteiger partial charge in [0.2, 0.25) is 5.91 Å². The number of para-hydroxylation sites is 1. The van der Waals surface area contributed by atoms with Gasteiger partial charge in [-0.3, -0.25) is 9.69 Å². The van der Waals surface area contributed by atoms with E-state index in [0.29, 0.717) is 30.4 Å². The summed E-state index contributed by atoms with van der Waals surface area (Å²) in [6.45, 7) is 10.1. The number of halogens is 3. The number of carbonyl (C=O) groups is 1. The van der Waals surface area contributed by atoms with Crippen LogP contribution in [-0.2, 0) is 21.1 Å². The van der Waals surface area contributed by atoms with Crippen LogP contribution >= 0.6 is 24.0 Å². The molecule has 4 aromatic carbocycles. The number of fused-ring (bicyclic) bond motifs is 3. The number of carbonyl (C=O) groups excluding carboxylic acids is 1. The van der Waals surface area contributed by atoms with Gasteiger partial charge in [0, 0.05) is 62.5 Å². The second-order valence-electron chi connectivity index (χ2n) is 12.8. The number of ether oxygens (including phenoxy) is 1. The molecule has 1 fully saturated rings. The zero-order valence-corrected chi connectivity index (χ0v) is 29.4. The highest BCUT2D eigenvalue weighted by molar-refractivity contribution is 7.99. The highest BCUT2D eigenvalue weighted by Gasteiger charge is 2.36. The van der Waals surface area contributed by atoms with Crippen LogP contribution < -0.4 is 10.2 Å². The Hall–Kier alpha value is -3.64. The molecule has 11 heteroatoms. The van der Waals surface area contributed by atoms with Crippen molar-refractivity contribution in [1.82, 2.24) is 15.1 Å². The van der Waals surface area contributed by atoms with Gasteiger partial charge < -0.3 is 19.9 Å². The fourth-order valence-corrected chi connectivity index (χ4v) is 7.99. The zero-order valence-electron chi connectivity index (χ0n) is 27.8. The molecule has 4 aromatic rings. The number of hydrogen-bond donors (Lipinski definition) is 1. The minimum atomic E-state index is -4.39. The quantitative estimate of drug-likeness (QED) is 0.159. The fraction of sp³-hybridized carbons (Fsp3) is 0.368. The van der Waals surface area contributed by atoms with Gasteiger partial charge in [0.15, 0.2) is 5.05 Å². The zero-order chi connectivity index (χ0) is 34.6. The number of amides is 1. The molecule has 2 aliphatic rings. The Morgan fingerprint density at radius 2 is 1.53 bits per heavy atom. The first-order valence-corrected chi connectivity index (χ1v) is 17.9. The molecule has 2 aliphatic heterocycles. The summed E-state index contributed by atoms with van der Waals surface area (Å²) in [6, 6.07) is 26.3. The topological polar surface area (TPSA) is 48.1 Å². The van der Waals surface area contributed by atoms with E-state index in [1.165, 1.54) is 30.8 Å². The van der Waals surface area contributed by atoms with Crippen LogP contribution in [0.4, 0.5) is 24.5 Å². The number of thiocarbonyl (C=S) groups is 1. The van der Waals surface area contributed by atoms with Gasteiger partial charge in [-0.05, 0) is 78.8 Å². The molecule has 258 valence electrons. The lowest BCUT2D eigenvalue weighted by Gasteiger charge is -2.37. The van der Waals surface area contributed by atoms with Crippen molar-refractivity contribution in [2.75, 3.05) is 63.9 Å². The van der Waals surface area contributed by atoms with Crippen LogP contribution in [0.15, 0.2) is 94.7 Å². The van der Waals surface area contributed by atoms with Gasteiger partial charge in [0.25, 0.3) is 0 Å². The smallest absolute Gasteiger partial charge is 0.416 e. The molecular formula is C38H41F3N4O2S2. The van der Waals surface area contributed by atoms with E-state index in [4.69, 9.17) is 17.0 Å². The van der Waals surface area contributed by atoms with Gasteiger partial charge in [0.05, 0.1) is 22.4 Å². The van der Waals surface area contributed by atoms with Crippen LogP contribution in [0.25, 0.3) is 10.8 Å². The summed E-state index contributed by atoms with van der Waals surface area (Å²) >= 11 is 7.41. The number of anilines is 2. The van der Waals surface area contributed by atoms with Gasteiger partial charge in [-0.25, -0.2) is 0 Å². The Morgan fingerprint density at radius 1 is 0.857 bits per heavy atom. The van der Waals surface area contributed by atoms with Crippen molar-refractivity contribution < 1.29 is 22.7 Å². The molecular weight excluding hydrogens is 666 g/mol. The summed E-state index contributed by atoms with van der Waals surface area (Å²) in [5, 5.41) is 5.60. The molecule has 0 radical (unpaired) electrons. The molecule has 1 unspecified atom stereocenters. The van der Waals surface area contributed by atoms with Gasteiger partial charge >= 0.3 is 6.18 Å². The van der Waals surface area contributed by atoms with E-state index in [1.54, 1.807) is 6.07 Å². The number of nitrogens with one attached hydrogen (secondary N) is 1. The average molecular weight is 707 g/mol. The van der Waals surface area contributed by atoms with E-state index in [-0.39, 0.29) is 5.91 Å². The molecule has 0 saturated carbocycles. The Morgan fingerprint density at radius 3 is 2.29 bits per heavy atom. The predicted molar refractivity (Wildman–Crippen MR) is 195 cm³/mol. The molecule has 1 N–H and O–H groups in total. The van der Waals surface area contributed by atoms with E-state index in [9.17, 15) is 18.0 Å². The van der Waals surface area contributed by atoms with Crippen molar-refractivity contribution in [2.24, 2.45) is 0 Å². The lowest BCUT2D eigenvalue weighted by atomic mass is 9.80. The van der Waals surface area contributed by atoms with E-state index < -0.39 is 17.2 Å². The minimum Gasteiger partial charge on any atom is -0.485 e. The Labute approximate surface area is 295 Å². The van der Waals surface area contributed by atoms with Gasteiger partial charge in [0.1, 0.15) is 6.61 Å². The second-order valence-corrected chi connectivity index (χ2v) is 14.3. The third-order valence-electron chi connectivity index (χ3n) is 9.44. The number of rotatable bonds is 11. The Balaban J connectivity index is 1.01. The average Bonchev–Trinajstić information content (AvgIpc) is 3.10. The first-order chi connectivity index (χ1) is 23.5. The summed E-state index contributed by atoms with van der Waals surface area (Å²) in [5.74, 6) is -0.118. The molecule has 0 aliphatic carbocycles. The summed E-state index contributed by atoms with van der Waals surface area (Å²) in [7, 11) is 0. The molecule has 0 spiro atoms. The first kappa shape index (κ1) is 35.2. The lowest BCUT2D eigenvalue weighted by Crippen LogP contribution is -2.48. The second kappa shape index (κ2) is 15.1. The van der Waals surface area contributed by atoms with Gasteiger partial charge in [-0.1, -0.05) is 66.4 Å². The Bertz CT molecular complexity index is 1810. The third kappa shape index (κ3) is 8.06. The normalized spacial score (nSPS) is 16.5. The molecule has 0 aromatic heterocycles. The summed E-state index contributed by atoms with van der Waals surface area (Å²) in [4.78, 5) is 20.6. The van der Waals surface area contributed by atoms with Gasteiger partial charge in [-0.15, -0.1) is 0 Å². The van der Waals surface area contributed by atoms with Crippen LogP contribution in [0.2, 0.25) is 0 Å². The number of benzene rings is 4. The number of hydrogen-bond acceptors (Lipinski definition) is 7. The molecule has 0 bridgehead atoms. The van der Waals surface area contributed by atoms with Gasteiger partial charge in [-0.2, -0.15) is 13.2 Å². The monoisotopic (exact) mass is 706 g/mol. The minimum absolute atomic E-state index is 0.118. The van der Waals surface area contributed by atoms with Crippen molar-refractivity contribution in [2.45, 2.75) is 41.7 Å². The maximum absolute atomic E-state index is 13.6. The van der Waals surface area contributed by atoms with Crippen LogP contribution in [0.5, 0.6) is 0 Å². The van der Waals surface area contributed by atoms with E-state index >= 15 is 0 Å². The fourth-order valence-electron chi connectivity index (χ4n) is 6.65. The van der Waals surface area contributed by atoms with E-state index in [2.05, 4.69) is 39.4 Å². The van der Waals surface area contributed by atoms with Crippen molar-refractivity contribution >= 4 is 57.1 Å². The highest BCUT2D eigenvalue weighted by atomic mass is 32.2. The van der Waals surface area contributed by atoms with Crippen molar-refractivity contribution in [1.29, 1.82) is 0 Å². The van der Waals surface area contributed by atoms with Crippen LogP contribution in [-0.4, -0.2) is 79.7 Å². The van der Waals surface area contributed by atoms with Crippen LogP contribution in [0.1, 0.15) is 31.4 Å². The maximum Gasteiger partial charge on any atom is 0.416 e. The van der Waals surface area contributed by atoms with Crippen molar-refractivity contribution in [3.63, 3.8) is 0 Å². The number of alkyl halides is 3. The number of piperazine rings is 1. The highest BCUT2D eigenvalue weighted by Crippen LogP contribution is 2.49. The molecule has 1 amide bonds. The van der Waals surface area contributed by atoms with E-state index in [1.807, 2.05) is 54.3 Å². The molecule has 1 saturated heterocycles. The van der Waals surface area contributed by atoms with E-state index in [0.717, 1.165) is 77.5 Å². The Kier molecular flexibility index (Phi) is 10.8. The third-order valence-corrected chi connectivity index (χ3v) is 11.1. The molecule has 1 atom stereocenters. The molecule has 6 rings (SSSR count). The summed E-state index contributed by atoms with van der Waals surface area (Å²) in [6.07, 6.45) is -3.56. The summed E-state index contributed by atoms with van der Waals surface area (Å²) < 4.78 is 47.0. The molecule has 49 heavy (non-hydrogen) atoms. The number of nitrogens with zero attached hydrogens (tertiary/aromatic N) is 3. The van der Waals surface area contributed by atoms with Crippen LogP contribution in [0.3, 0.4) is 0 Å². The largest absolute Gasteiger partial charge is 0.485 e. The van der Waals surface area contributed by atoms with Crippen molar-refractivity contribution in [3.8, 4) is 0 Å². The molecule has 2 heterocycles.